The number of esters is 1. The summed E-state index contributed by atoms with van der Waals surface area (Å²) in [5, 5.41) is 75.2. The lowest BCUT2D eigenvalue weighted by Gasteiger charge is -2.38. The van der Waals surface area contributed by atoms with E-state index in [1.807, 2.05) is 0 Å². The Balaban J connectivity index is 1.57. The summed E-state index contributed by atoms with van der Waals surface area (Å²) >= 11 is 0. The Kier molecular flexibility index (Phi) is 13.3. The van der Waals surface area contributed by atoms with Gasteiger partial charge in [0.2, 0.25) is 0 Å². The number of methoxy groups -OCH3 is 1. The molecular formula is C46H52N4O14. The van der Waals surface area contributed by atoms with Gasteiger partial charge in [0.1, 0.15) is 23.4 Å². The Bertz CT molecular complexity index is 2720. The van der Waals surface area contributed by atoms with Crippen molar-refractivity contribution in [1.29, 1.82) is 0 Å². The van der Waals surface area contributed by atoms with Crippen molar-refractivity contribution in [2.24, 2.45) is 28.8 Å². The number of anilines is 1. The van der Waals surface area contributed by atoms with Gasteiger partial charge in [-0.05, 0) is 32.1 Å². The number of phenols is 3. The molecule has 0 unspecified atom stereocenters. The lowest BCUT2D eigenvalue weighted by molar-refractivity contribution is -0.160. The molecule has 1 amide bonds. The summed E-state index contributed by atoms with van der Waals surface area (Å²) < 4.78 is 24.0. The van der Waals surface area contributed by atoms with Crippen molar-refractivity contribution >= 4 is 51.2 Å². The van der Waals surface area contributed by atoms with Crippen LogP contribution >= 0.6 is 0 Å². The molecule has 64 heavy (non-hydrogen) atoms. The highest BCUT2D eigenvalue weighted by molar-refractivity contribution is 6.24. The highest BCUT2D eigenvalue weighted by Gasteiger charge is 2.50. The zero-order valence-electron chi connectivity index (χ0n) is 36.7. The van der Waals surface area contributed by atoms with Crippen LogP contribution in [0.15, 0.2) is 70.3 Å². The number of aromatic nitrogens is 2. The van der Waals surface area contributed by atoms with E-state index in [0.29, 0.717) is 4.68 Å². The number of benzene rings is 3. The van der Waals surface area contributed by atoms with Gasteiger partial charge < -0.3 is 54.9 Å². The summed E-state index contributed by atoms with van der Waals surface area (Å²) in [5.41, 5.74) is -1.95. The average Bonchev–Trinajstić information content (AvgIpc) is 3.52. The van der Waals surface area contributed by atoms with Crippen molar-refractivity contribution in [3.05, 3.63) is 87.4 Å². The second-order valence-corrected chi connectivity index (χ2v) is 16.4. The maximum absolute atomic E-state index is 14.5. The van der Waals surface area contributed by atoms with Gasteiger partial charge in [-0.3, -0.25) is 19.2 Å². The van der Waals surface area contributed by atoms with Gasteiger partial charge >= 0.3 is 17.8 Å². The number of aliphatic hydroxyl groups is 2. The number of ketones is 1. The van der Waals surface area contributed by atoms with E-state index in [9.17, 15) is 49.8 Å². The Labute approximate surface area is 367 Å². The number of hydrogen-bond acceptors (Lipinski definition) is 16. The predicted octanol–water partition coefficient (Wildman–Crippen LogP) is 5.05. The fourth-order valence-electron chi connectivity index (χ4n) is 8.20. The number of hydrogen-bond donors (Lipinski definition) is 7. The molecule has 18 nitrogen and oxygen atoms in total. The minimum Gasteiger partial charge on any atom is -0.507 e. The van der Waals surface area contributed by atoms with Gasteiger partial charge in [-0.1, -0.05) is 58.1 Å². The summed E-state index contributed by atoms with van der Waals surface area (Å²) in [6.45, 7) is 12.1. The first-order valence-corrected chi connectivity index (χ1v) is 20.5. The molecule has 3 aromatic carbocycles. The molecule has 7 rings (SSSR count). The van der Waals surface area contributed by atoms with E-state index >= 15 is 0 Å². The Morgan fingerprint density at radius 2 is 1.62 bits per heavy atom. The molecule has 3 aliphatic rings. The number of phenolic OH excluding ortho intramolecular Hbond substituents is 3. The molecule has 3 aliphatic heterocycles. The van der Waals surface area contributed by atoms with Gasteiger partial charge in [-0.25, -0.2) is 0 Å². The second kappa shape index (κ2) is 18.1. The van der Waals surface area contributed by atoms with Gasteiger partial charge in [0.25, 0.3) is 17.2 Å². The number of ether oxygens (including phenoxy) is 4. The predicted molar refractivity (Wildman–Crippen MR) is 234 cm³/mol. The van der Waals surface area contributed by atoms with Gasteiger partial charge in [-0.15, -0.1) is 4.68 Å². The molecular weight excluding hydrogens is 833 g/mol. The number of nitrogens with one attached hydrogen (secondary N) is 1. The molecule has 7 N–H and O–H groups in total. The molecule has 9 atom stereocenters. The number of carbonyl (C=O) groups excluding carboxylic acids is 3. The van der Waals surface area contributed by atoms with Crippen molar-refractivity contribution in [2.45, 2.75) is 85.6 Å². The lowest BCUT2D eigenvalue weighted by Crippen LogP contribution is -2.46. The summed E-state index contributed by atoms with van der Waals surface area (Å²) in [6.07, 6.45) is 3.86. The first kappa shape index (κ1) is 46.7. The minimum absolute atomic E-state index is 0.0447. The molecule has 4 aromatic rings. The van der Waals surface area contributed by atoms with E-state index < -0.39 is 122 Å². The number of nitrogens with zero attached hydrogens (tertiary/aromatic N) is 3. The summed E-state index contributed by atoms with van der Waals surface area (Å²) in [5.74, 6) is -9.66. The van der Waals surface area contributed by atoms with Crippen LogP contribution in [0.3, 0.4) is 0 Å². The highest BCUT2D eigenvalue weighted by Crippen LogP contribution is 2.55. The maximum Gasteiger partial charge on any atom is 0.319 e. The average molecular weight is 885 g/mol. The normalized spacial score (nSPS) is 26.9. The topological polar surface area (TPSA) is 269 Å². The Morgan fingerprint density at radius 1 is 0.938 bits per heavy atom. The molecule has 5 bridgehead atoms. The lowest BCUT2D eigenvalue weighted by atomic mass is 9.78. The zero-order valence-corrected chi connectivity index (χ0v) is 36.7. The highest BCUT2D eigenvalue weighted by atomic mass is 16.7. The molecule has 0 radical (unpaired) electrons. The number of para-hydroxylation sites is 1. The van der Waals surface area contributed by atoms with Crippen LogP contribution in [-0.4, -0.2) is 101 Å². The van der Waals surface area contributed by atoms with Crippen molar-refractivity contribution < 1.29 is 64.0 Å². The van der Waals surface area contributed by atoms with E-state index in [1.54, 1.807) is 45.9 Å². The number of carbonyl (C=O) groups is 3. The molecule has 0 aliphatic carbocycles. The molecule has 0 fully saturated rings. The molecule has 0 saturated carbocycles. The number of Topliss-reactive ketones (excluding diaryl/α,β-unsaturated/α-hetero) is 1. The molecule has 0 spiro atoms. The number of aromatic hydroxyl groups is 4. The fraction of sp³-hybridized carbons (Fsp3) is 0.391. The molecule has 4 heterocycles. The van der Waals surface area contributed by atoms with E-state index in [4.69, 9.17) is 18.9 Å². The largest absolute Gasteiger partial charge is 0.507 e. The molecule has 340 valence electrons. The second-order valence-electron chi connectivity index (χ2n) is 16.4. The minimum atomic E-state index is -2.16. The van der Waals surface area contributed by atoms with Crippen molar-refractivity contribution in [3.63, 3.8) is 0 Å². The van der Waals surface area contributed by atoms with Gasteiger partial charge in [0.05, 0.1) is 63.9 Å². The smallest absolute Gasteiger partial charge is 0.319 e. The van der Waals surface area contributed by atoms with Crippen LogP contribution < -0.4 is 15.6 Å². The van der Waals surface area contributed by atoms with Crippen molar-refractivity contribution in [1.82, 2.24) is 9.66 Å². The van der Waals surface area contributed by atoms with Crippen LogP contribution in [-0.2, 0) is 23.8 Å². The van der Waals surface area contributed by atoms with Gasteiger partial charge in [0.15, 0.2) is 5.75 Å². The Hall–Kier alpha value is -6.76. The zero-order chi connectivity index (χ0) is 47.1. The van der Waals surface area contributed by atoms with Crippen LogP contribution in [0.1, 0.15) is 70.0 Å². The third kappa shape index (κ3) is 8.38. The number of allylic oxidation sites excluding steroid dienone is 2. The Morgan fingerprint density at radius 3 is 2.30 bits per heavy atom. The van der Waals surface area contributed by atoms with Crippen molar-refractivity contribution in [2.75, 3.05) is 12.4 Å². The molecule has 1 aromatic heterocycles. The third-order valence-electron chi connectivity index (χ3n) is 12.1. The van der Waals surface area contributed by atoms with E-state index in [2.05, 4.69) is 15.4 Å². The maximum atomic E-state index is 14.5. The SMILES string of the molecule is CO[C@@H]1C=CO[C@@]2(C)Oc3c(C)c(O)c4c(O)c(c(C=Nn5c(O)nc6ccccc6c5=O)c(O)c4c3C2=O)NC(=O)C(C)=CC=C[C@H](C)[C@H](O)[C@H](C)[C@H](O)[C@H](C)[C@H](OC(C)=O)[C@H]1C. The summed E-state index contributed by atoms with van der Waals surface area (Å²) in [7, 11) is 1.40. The third-order valence-corrected chi connectivity index (χ3v) is 12.1. The van der Waals surface area contributed by atoms with Crippen LogP contribution in [0.25, 0.3) is 21.7 Å². The number of aliphatic hydroxyl groups excluding tert-OH is 2. The van der Waals surface area contributed by atoms with Crippen LogP contribution in [0, 0.1) is 30.6 Å². The standard InChI is InChI=1S/C46H52N4O14/c1-20-13-12-14-21(2)43(58)49-34-28(19-47-50-44(59)27-15-10-11-16-29(27)48-45(50)60)38(55)31-32(39(34)56)37(54)25(6)41-33(31)42(57)46(8,64-41)62-18-17-30(61-9)22(3)40(63-26(7)51)24(5)36(53)23(4)35(20)52/h10-20,22-24,30,35-36,40,52-56H,1-9H3,(H,48,60)(H,49,58)/t20-,22-,23-,24-,30+,35-,36-,40+,46-/m0/s1. The van der Waals surface area contributed by atoms with Crippen LogP contribution in [0.2, 0.25) is 0 Å². The first-order valence-electron chi connectivity index (χ1n) is 20.5. The number of amides is 1. The van der Waals surface area contributed by atoms with Gasteiger partial charge in [0, 0.05) is 61.2 Å². The van der Waals surface area contributed by atoms with Crippen molar-refractivity contribution in [3.8, 4) is 29.0 Å². The molecule has 0 saturated heterocycles. The monoisotopic (exact) mass is 884 g/mol. The quantitative estimate of drug-likeness (QED) is 0.0612. The van der Waals surface area contributed by atoms with Crippen LogP contribution in [0.4, 0.5) is 5.69 Å². The van der Waals surface area contributed by atoms with Gasteiger partial charge in [-0.2, -0.15) is 10.1 Å². The van der Waals surface area contributed by atoms with E-state index in [1.165, 1.54) is 65.2 Å². The molecule has 18 heteroatoms. The first-order chi connectivity index (χ1) is 30.1. The van der Waals surface area contributed by atoms with Crippen LogP contribution in [0.5, 0.6) is 29.0 Å². The number of fused-ring (bicyclic) bond motifs is 15. The number of rotatable bonds is 4. The summed E-state index contributed by atoms with van der Waals surface area (Å²) in [4.78, 5) is 58.2. The van der Waals surface area contributed by atoms with E-state index in [-0.39, 0.29) is 33.4 Å². The van der Waals surface area contributed by atoms with E-state index in [0.717, 1.165) is 12.5 Å². The fourth-order valence-corrected chi connectivity index (χ4v) is 8.20. The summed E-state index contributed by atoms with van der Waals surface area (Å²) in [6, 6.07) is 5.31.